The van der Waals surface area contributed by atoms with Crippen LogP contribution in [0.2, 0.25) is 0 Å². The number of carbonyl (C=O) groups is 1. The third-order valence-electron chi connectivity index (χ3n) is 5.27. The number of hydrogen-bond donors (Lipinski definition) is 0. The molecule has 3 nitrogen and oxygen atoms in total. The second-order valence-corrected chi connectivity index (χ2v) is 6.99. The number of fused-ring (bicyclic) bond motifs is 1. The van der Waals surface area contributed by atoms with Gasteiger partial charge in [0.15, 0.2) is 0 Å². The molecule has 1 amide bonds. The van der Waals surface area contributed by atoms with E-state index in [2.05, 4.69) is 19.1 Å². The first-order chi connectivity index (χ1) is 11.7. The molecule has 0 saturated heterocycles. The van der Waals surface area contributed by atoms with Crippen molar-refractivity contribution in [3.63, 3.8) is 0 Å². The number of amides is 1. The molecule has 0 aromatic heterocycles. The lowest BCUT2D eigenvalue weighted by Gasteiger charge is -2.45. The van der Waals surface area contributed by atoms with Gasteiger partial charge in [-0.15, -0.1) is 0 Å². The first kappa shape index (κ1) is 15.3. The van der Waals surface area contributed by atoms with Gasteiger partial charge in [-0.2, -0.15) is 0 Å². The summed E-state index contributed by atoms with van der Waals surface area (Å²) in [5, 5.41) is 0. The van der Waals surface area contributed by atoms with E-state index in [1.807, 2.05) is 47.4 Å². The molecule has 0 radical (unpaired) electrons. The molecular weight excluding hydrogens is 298 g/mol. The Bertz CT molecular complexity index is 739. The van der Waals surface area contributed by atoms with Gasteiger partial charge in [-0.1, -0.05) is 43.3 Å². The topological polar surface area (TPSA) is 29.5 Å². The van der Waals surface area contributed by atoms with Crippen molar-refractivity contribution in [2.24, 2.45) is 11.8 Å². The molecule has 0 unspecified atom stereocenters. The lowest BCUT2D eigenvalue weighted by atomic mass is 9.81. The van der Waals surface area contributed by atoms with Crippen LogP contribution in [0, 0.1) is 11.8 Å². The smallest absolute Gasteiger partial charge is 0.224 e. The Morgan fingerprint density at radius 1 is 1.04 bits per heavy atom. The van der Waals surface area contributed by atoms with E-state index in [0.717, 1.165) is 17.0 Å². The van der Waals surface area contributed by atoms with Gasteiger partial charge in [0, 0.05) is 24.4 Å². The predicted octanol–water partition coefficient (Wildman–Crippen LogP) is 4.59. The van der Waals surface area contributed by atoms with Gasteiger partial charge in [0.25, 0.3) is 0 Å². The highest BCUT2D eigenvalue weighted by Gasteiger charge is 2.48. The molecule has 1 fully saturated rings. The first-order valence-corrected chi connectivity index (χ1v) is 8.77. The summed E-state index contributed by atoms with van der Waals surface area (Å²) in [5.74, 6) is 1.87. The van der Waals surface area contributed by atoms with Crippen LogP contribution in [0.15, 0.2) is 54.6 Å². The number of benzene rings is 2. The maximum absolute atomic E-state index is 12.4. The van der Waals surface area contributed by atoms with Gasteiger partial charge in [-0.3, -0.25) is 4.79 Å². The largest absolute Gasteiger partial charge is 0.485 e. The van der Waals surface area contributed by atoms with Gasteiger partial charge in [0.2, 0.25) is 5.91 Å². The molecule has 0 N–H and O–H groups in total. The van der Waals surface area contributed by atoms with Crippen molar-refractivity contribution >= 4 is 11.6 Å². The fraction of sp³-hybridized carbons (Fsp3) is 0.381. The van der Waals surface area contributed by atoms with Crippen LogP contribution in [-0.2, 0) is 4.79 Å². The first-order valence-electron chi connectivity index (χ1n) is 8.77. The standard InChI is InChI=1S/C21H23NO2/c1-14-20(16-12-13-16)22(15(2)23)19-11-7-6-10-18(19)21(14)24-17-8-4-3-5-9-17/h3-11,14,16,20-21H,12-13H2,1-2H3/t14-,20+,21+/m0/s1. The van der Waals surface area contributed by atoms with Crippen molar-refractivity contribution < 1.29 is 9.53 Å². The van der Waals surface area contributed by atoms with Crippen LogP contribution in [-0.4, -0.2) is 11.9 Å². The molecule has 124 valence electrons. The zero-order chi connectivity index (χ0) is 16.7. The zero-order valence-corrected chi connectivity index (χ0v) is 14.2. The van der Waals surface area contributed by atoms with Crippen molar-refractivity contribution in [1.29, 1.82) is 0 Å². The van der Waals surface area contributed by atoms with E-state index >= 15 is 0 Å². The van der Waals surface area contributed by atoms with Crippen molar-refractivity contribution in [2.75, 3.05) is 4.90 Å². The molecule has 1 heterocycles. The average Bonchev–Trinajstić information content (AvgIpc) is 3.42. The van der Waals surface area contributed by atoms with Gasteiger partial charge < -0.3 is 9.64 Å². The van der Waals surface area contributed by atoms with E-state index in [-0.39, 0.29) is 24.0 Å². The van der Waals surface area contributed by atoms with Gasteiger partial charge in [-0.05, 0) is 37.0 Å². The lowest BCUT2D eigenvalue weighted by Crippen LogP contribution is -2.50. The molecule has 0 spiro atoms. The Balaban J connectivity index is 1.78. The summed E-state index contributed by atoms with van der Waals surface area (Å²) in [5.41, 5.74) is 2.13. The normalized spacial score (nSPS) is 25.9. The highest BCUT2D eigenvalue weighted by Crippen LogP contribution is 2.50. The van der Waals surface area contributed by atoms with Crippen LogP contribution in [0.1, 0.15) is 38.4 Å². The average molecular weight is 321 g/mol. The maximum atomic E-state index is 12.4. The summed E-state index contributed by atoms with van der Waals surface area (Å²) < 4.78 is 6.39. The molecule has 2 aliphatic rings. The fourth-order valence-corrected chi connectivity index (χ4v) is 4.08. The number of carbonyl (C=O) groups excluding carboxylic acids is 1. The van der Waals surface area contributed by atoms with Crippen molar-refractivity contribution in [2.45, 2.75) is 38.8 Å². The van der Waals surface area contributed by atoms with Crippen LogP contribution in [0.3, 0.4) is 0 Å². The Labute approximate surface area is 143 Å². The molecule has 4 rings (SSSR count). The molecule has 1 saturated carbocycles. The molecule has 24 heavy (non-hydrogen) atoms. The van der Waals surface area contributed by atoms with E-state index in [9.17, 15) is 4.79 Å². The number of para-hydroxylation sites is 2. The molecule has 2 aromatic rings. The number of anilines is 1. The quantitative estimate of drug-likeness (QED) is 0.827. The summed E-state index contributed by atoms with van der Waals surface area (Å²) in [6.07, 6.45) is 2.39. The minimum Gasteiger partial charge on any atom is -0.485 e. The van der Waals surface area contributed by atoms with Crippen LogP contribution in [0.4, 0.5) is 5.69 Å². The molecule has 3 heteroatoms. The van der Waals surface area contributed by atoms with Gasteiger partial charge in [-0.25, -0.2) is 0 Å². The molecule has 1 aliphatic carbocycles. The summed E-state index contributed by atoms with van der Waals surface area (Å²) in [7, 11) is 0. The molecule has 1 aliphatic heterocycles. The Morgan fingerprint density at radius 2 is 1.71 bits per heavy atom. The van der Waals surface area contributed by atoms with E-state index in [1.54, 1.807) is 6.92 Å². The van der Waals surface area contributed by atoms with Crippen LogP contribution >= 0.6 is 0 Å². The van der Waals surface area contributed by atoms with Crippen molar-refractivity contribution in [1.82, 2.24) is 0 Å². The summed E-state index contributed by atoms with van der Waals surface area (Å²) in [6, 6.07) is 18.4. The molecule has 0 bridgehead atoms. The molecule has 2 aromatic carbocycles. The second-order valence-electron chi connectivity index (χ2n) is 6.99. The highest BCUT2D eigenvalue weighted by atomic mass is 16.5. The fourth-order valence-electron chi connectivity index (χ4n) is 4.08. The predicted molar refractivity (Wildman–Crippen MR) is 95.1 cm³/mol. The van der Waals surface area contributed by atoms with E-state index in [4.69, 9.17) is 4.74 Å². The van der Waals surface area contributed by atoms with Crippen molar-refractivity contribution in [3.05, 3.63) is 60.2 Å². The minimum absolute atomic E-state index is 0.0233. The lowest BCUT2D eigenvalue weighted by molar-refractivity contribution is -0.117. The van der Waals surface area contributed by atoms with Gasteiger partial charge in [0.05, 0.1) is 5.69 Å². The third kappa shape index (κ3) is 2.58. The van der Waals surface area contributed by atoms with E-state index in [1.165, 1.54) is 12.8 Å². The molecular formula is C21H23NO2. The Hall–Kier alpha value is -2.29. The monoisotopic (exact) mass is 321 g/mol. The van der Waals surface area contributed by atoms with Gasteiger partial charge >= 0.3 is 0 Å². The Kier molecular flexibility index (Phi) is 3.79. The molecule has 3 atom stereocenters. The van der Waals surface area contributed by atoms with Crippen LogP contribution in [0.5, 0.6) is 5.75 Å². The third-order valence-corrected chi connectivity index (χ3v) is 5.27. The van der Waals surface area contributed by atoms with Crippen LogP contribution < -0.4 is 9.64 Å². The van der Waals surface area contributed by atoms with Crippen molar-refractivity contribution in [3.8, 4) is 5.75 Å². The SMILES string of the molecule is CC(=O)N1c2ccccc2[C@H](Oc2ccccc2)[C@@H](C)[C@@H]1C1CC1. The number of ether oxygens (including phenoxy) is 1. The minimum atomic E-state index is -0.0233. The maximum Gasteiger partial charge on any atom is 0.224 e. The van der Waals surface area contributed by atoms with E-state index in [0.29, 0.717) is 5.92 Å². The van der Waals surface area contributed by atoms with E-state index < -0.39 is 0 Å². The summed E-state index contributed by atoms with van der Waals surface area (Å²) >= 11 is 0. The summed E-state index contributed by atoms with van der Waals surface area (Å²) in [6.45, 7) is 3.90. The zero-order valence-electron chi connectivity index (χ0n) is 14.2. The number of nitrogens with zero attached hydrogens (tertiary/aromatic N) is 1. The van der Waals surface area contributed by atoms with Gasteiger partial charge in [0.1, 0.15) is 11.9 Å². The number of rotatable bonds is 3. The highest BCUT2D eigenvalue weighted by molar-refractivity contribution is 5.94. The second kappa shape index (κ2) is 5.97. The summed E-state index contributed by atoms with van der Waals surface area (Å²) in [4.78, 5) is 14.4. The Morgan fingerprint density at radius 3 is 2.38 bits per heavy atom. The van der Waals surface area contributed by atoms with Crippen LogP contribution in [0.25, 0.3) is 0 Å². The number of hydrogen-bond acceptors (Lipinski definition) is 2.